The van der Waals surface area contributed by atoms with Gasteiger partial charge < -0.3 is 5.32 Å². The van der Waals surface area contributed by atoms with Crippen LogP contribution in [0.25, 0.3) is 0 Å². The van der Waals surface area contributed by atoms with Gasteiger partial charge in [-0.25, -0.2) is 9.37 Å². The van der Waals surface area contributed by atoms with Crippen LogP contribution in [0.2, 0.25) is 0 Å². The molecule has 0 atom stereocenters. The number of hydrogen-bond acceptors (Lipinski definition) is 5. The number of halogens is 1. The summed E-state index contributed by atoms with van der Waals surface area (Å²) in [5, 5.41) is 18.8. The molecule has 98 valence electrons. The largest absolute Gasteiger partial charge is 0.316 e. The van der Waals surface area contributed by atoms with E-state index in [4.69, 9.17) is 0 Å². The number of aromatic nitrogens is 3. The lowest BCUT2D eigenvalue weighted by atomic mass is 10.2. The molecule has 0 saturated carbocycles. The fourth-order valence-electron chi connectivity index (χ4n) is 1.35. The number of anilines is 1. The van der Waals surface area contributed by atoms with Gasteiger partial charge in [0.1, 0.15) is 11.6 Å². The first kappa shape index (κ1) is 12.6. The van der Waals surface area contributed by atoms with Gasteiger partial charge in [-0.05, 0) is 13.0 Å². The molecule has 0 bridgehead atoms. The molecule has 0 aliphatic rings. The smallest absolute Gasteiger partial charge is 0.295 e. The van der Waals surface area contributed by atoms with Crippen molar-refractivity contribution in [1.82, 2.24) is 15.2 Å². The van der Waals surface area contributed by atoms with E-state index in [1.165, 1.54) is 0 Å². The van der Waals surface area contributed by atoms with Crippen LogP contribution in [0.4, 0.5) is 15.8 Å². The fourth-order valence-corrected chi connectivity index (χ4v) is 1.35. The Labute approximate surface area is 105 Å². The molecule has 0 unspecified atom stereocenters. The van der Waals surface area contributed by atoms with E-state index in [-0.39, 0.29) is 17.2 Å². The van der Waals surface area contributed by atoms with Crippen molar-refractivity contribution in [3.8, 4) is 0 Å². The number of benzene rings is 1. The Hall–Kier alpha value is -2.84. The number of rotatable bonds is 3. The number of aryl methyl sites for hydroxylation is 1. The lowest BCUT2D eigenvalue weighted by Gasteiger charge is -2.03. The Kier molecular flexibility index (Phi) is 3.19. The highest BCUT2D eigenvalue weighted by Crippen LogP contribution is 2.21. The van der Waals surface area contributed by atoms with E-state index in [0.717, 1.165) is 18.2 Å². The molecular weight excluding hydrogens is 257 g/mol. The minimum Gasteiger partial charge on any atom is -0.316 e. The van der Waals surface area contributed by atoms with Gasteiger partial charge in [-0.1, -0.05) is 0 Å². The molecule has 9 heteroatoms. The second-order valence-corrected chi connectivity index (χ2v) is 3.62. The summed E-state index contributed by atoms with van der Waals surface area (Å²) in [7, 11) is 0. The number of H-pyrrole nitrogens is 1. The van der Waals surface area contributed by atoms with Crippen molar-refractivity contribution in [3.05, 3.63) is 45.8 Å². The third-order valence-corrected chi connectivity index (χ3v) is 2.21. The van der Waals surface area contributed by atoms with Crippen molar-refractivity contribution in [1.29, 1.82) is 0 Å². The molecule has 0 radical (unpaired) electrons. The SMILES string of the molecule is Cc1nc(C(=O)Nc2cc([N+](=O)[O-])ccc2F)n[nH]1. The molecule has 1 aromatic carbocycles. The molecule has 2 aromatic rings. The quantitative estimate of drug-likeness (QED) is 0.643. The topological polar surface area (TPSA) is 114 Å². The van der Waals surface area contributed by atoms with Crippen LogP contribution in [0.1, 0.15) is 16.4 Å². The van der Waals surface area contributed by atoms with Gasteiger partial charge in [0, 0.05) is 12.1 Å². The summed E-state index contributed by atoms with van der Waals surface area (Å²) in [6.45, 7) is 1.59. The molecule has 2 N–H and O–H groups in total. The molecular formula is C10H8FN5O3. The first-order chi connectivity index (χ1) is 8.97. The van der Waals surface area contributed by atoms with Gasteiger partial charge in [0.15, 0.2) is 0 Å². The highest BCUT2D eigenvalue weighted by atomic mass is 19.1. The number of carbonyl (C=O) groups is 1. The first-order valence-electron chi connectivity index (χ1n) is 5.11. The Morgan fingerprint density at radius 3 is 2.84 bits per heavy atom. The number of aromatic amines is 1. The minimum absolute atomic E-state index is 0.177. The number of nitro groups is 1. The second kappa shape index (κ2) is 4.80. The molecule has 0 fully saturated rings. The maximum atomic E-state index is 13.4. The fraction of sp³-hybridized carbons (Fsp3) is 0.100. The first-order valence-corrected chi connectivity index (χ1v) is 5.11. The summed E-state index contributed by atoms with van der Waals surface area (Å²) < 4.78 is 13.4. The van der Waals surface area contributed by atoms with Crippen molar-refractivity contribution < 1.29 is 14.1 Å². The number of hydrogen-bond donors (Lipinski definition) is 2. The van der Waals surface area contributed by atoms with E-state index >= 15 is 0 Å². The van der Waals surface area contributed by atoms with E-state index in [1.54, 1.807) is 6.92 Å². The van der Waals surface area contributed by atoms with Crippen LogP contribution in [0.15, 0.2) is 18.2 Å². The van der Waals surface area contributed by atoms with Gasteiger partial charge in [-0.2, -0.15) is 0 Å². The van der Waals surface area contributed by atoms with Gasteiger partial charge in [-0.3, -0.25) is 20.0 Å². The highest BCUT2D eigenvalue weighted by molar-refractivity contribution is 6.01. The molecule has 0 spiro atoms. The maximum Gasteiger partial charge on any atom is 0.295 e. The third-order valence-electron chi connectivity index (χ3n) is 2.21. The average Bonchev–Trinajstić information content (AvgIpc) is 2.78. The van der Waals surface area contributed by atoms with Crippen LogP contribution in [-0.2, 0) is 0 Å². The molecule has 1 aromatic heterocycles. The molecule has 0 aliphatic heterocycles. The molecule has 19 heavy (non-hydrogen) atoms. The Morgan fingerprint density at radius 1 is 1.53 bits per heavy atom. The van der Waals surface area contributed by atoms with Gasteiger partial charge in [0.05, 0.1) is 10.6 Å². The van der Waals surface area contributed by atoms with E-state index in [2.05, 4.69) is 20.5 Å². The standard InChI is InChI=1S/C10H8FN5O3/c1-5-12-9(15-14-5)10(17)13-8-4-6(16(18)19)2-3-7(8)11/h2-4H,1H3,(H,13,17)(H,12,14,15). The van der Waals surface area contributed by atoms with E-state index in [0.29, 0.717) is 5.82 Å². The Morgan fingerprint density at radius 2 is 2.26 bits per heavy atom. The summed E-state index contributed by atoms with van der Waals surface area (Å²) in [6.07, 6.45) is 0. The summed E-state index contributed by atoms with van der Waals surface area (Å²) in [5.74, 6) is -1.30. The molecule has 1 heterocycles. The monoisotopic (exact) mass is 265 g/mol. The lowest BCUT2D eigenvalue weighted by Crippen LogP contribution is -2.15. The third kappa shape index (κ3) is 2.70. The van der Waals surface area contributed by atoms with Gasteiger partial charge in [-0.15, -0.1) is 5.10 Å². The number of nitro benzene ring substituents is 1. The predicted octanol–water partition coefficient (Wildman–Crippen LogP) is 1.41. The van der Waals surface area contributed by atoms with Gasteiger partial charge >= 0.3 is 0 Å². The maximum absolute atomic E-state index is 13.4. The zero-order valence-electron chi connectivity index (χ0n) is 9.68. The van der Waals surface area contributed by atoms with Crippen molar-refractivity contribution in [2.45, 2.75) is 6.92 Å². The summed E-state index contributed by atoms with van der Waals surface area (Å²) in [5.41, 5.74) is -0.635. The number of amides is 1. The summed E-state index contributed by atoms with van der Waals surface area (Å²) >= 11 is 0. The van der Waals surface area contributed by atoms with Crippen LogP contribution in [0.3, 0.4) is 0 Å². The minimum atomic E-state index is -0.786. The Bertz CT molecular complexity index is 654. The summed E-state index contributed by atoms with van der Waals surface area (Å²) in [4.78, 5) is 25.3. The normalized spacial score (nSPS) is 10.2. The van der Waals surface area contributed by atoms with Crippen molar-refractivity contribution in [2.75, 3.05) is 5.32 Å². The van der Waals surface area contributed by atoms with E-state index in [1.807, 2.05) is 0 Å². The zero-order valence-corrected chi connectivity index (χ0v) is 9.68. The molecule has 0 saturated heterocycles. The van der Waals surface area contributed by atoms with Crippen LogP contribution in [0.5, 0.6) is 0 Å². The number of nitrogens with zero attached hydrogens (tertiary/aromatic N) is 3. The Balaban J connectivity index is 2.25. The van der Waals surface area contributed by atoms with E-state index in [9.17, 15) is 19.3 Å². The molecule has 2 rings (SSSR count). The predicted molar refractivity (Wildman–Crippen MR) is 62.1 cm³/mol. The number of nitrogens with one attached hydrogen (secondary N) is 2. The second-order valence-electron chi connectivity index (χ2n) is 3.62. The molecule has 8 nitrogen and oxygen atoms in total. The van der Waals surface area contributed by atoms with Gasteiger partial charge in [0.2, 0.25) is 5.82 Å². The van der Waals surface area contributed by atoms with Gasteiger partial charge in [0.25, 0.3) is 11.6 Å². The average molecular weight is 265 g/mol. The van der Waals surface area contributed by atoms with E-state index < -0.39 is 16.6 Å². The summed E-state index contributed by atoms with van der Waals surface area (Å²) in [6, 6.07) is 2.83. The van der Waals surface area contributed by atoms with Crippen LogP contribution in [-0.4, -0.2) is 26.0 Å². The van der Waals surface area contributed by atoms with Crippen molar-refractivity contribution >= 4 is 17.3 Å². The number of carbonyl (C=O) groups excluding carboxylic acids is 1. The van der Waals surface area contributed by atoms with Crippen molar-refractivity contribution in [2.24, 2.45) is 0 Å². The molecule has 1 amide bonds. The highest BCUT2D eigenvalue weighted by Gasteiger charge is 2.16. The van der Waals surface area contributed by atoms with Crippen LogP contribution in [0, 0.1) is 22.9 Å². The van der Waals surface area contributed by atoms with Crippen LogP contribution < -0.4 is 5.32 Å². The zero-order chi connectivity index (χ0) is 14.0. The lowest BCUT2D eigenvalue weighted by molar-refractivity contribution is -0.384. The van der Waals surface area contributed by atoms with Crippen LogP contribution >= 0.6 is 0 Å². The molecule has 0 aliphatic carbocycles. The van der Waals surface area contributed by atoms with Crippen molar-refractivity contribution in [3.63, 3.8) is 0 Å². The number of non-ortho nitro benzene ring substituents is 1.